The van der Waals surface area contributed by atoms with Gasteiger partial charge in [-0.1, -0.05) is 0 Å². The highest BCUT2D eigenvalue weighted by Gasteiger charge is 1.96. The van der Waals surface area contributed by atoms with Crippen molar-refractivity contribution >= 4 is 28.4 Å². The number of hydrogen-bond donors (Lipinski definition) is 1. The van der Waals surface area contributed by atoms with Crippen LogP contribution in [-0.2, 0) is 0 Å². The molecule has 1 aromatic heterocycles. The summed E-state index contributed by atoms with van der Waals surface area (Å²) in [6.07, 6.45) is 0. The molecule has 2 N–H and O–H groups in total. The molecule has 9 heavy (non-hydrogen) atoms. The molecule has 2 nitrogen and oxygen atoms in total. The fraction of sp³-hybridized carbons (Fsp3) is 0. The molecule has 1 heterocycles. The molecule has 0 saturated carbocycles. The Morgan fingerprint density at radius 3 is 2.67 bits per heavy atom. The van der Waals surface area contributed by atoms with Crippen LogP contribution in [0.5, 0.6) is 0 Å². The highest BCUT2D eigenvalue weighted by molar-refractivity contribution is 14.1. The molecule has 48 valence electrons. The molecule has 0 spiro atoms. The lowest BCUT2D eigenvalue weighted by Crippen LogP contribution is -1.95. The Balaban J connectivity index is 3.17. The van der Waals surface area contributed by atoms with E-state index in [1.165, 1.54) is 6.07 Å². The van der Waals surface area contributed by atoms with Gasteiger partial charge in [0.25, 0.3) is 0 Å². The SMILES string of the molecule is Nc1nc(I)ccc1F. The summed E-state index contributed by atoms with van der Waals surface area (Å²) in [7, 11) is 0. The van der Waals surface area contributed by atoms with Crippen LogP contribution in [0.1, 0.15) is 0 Å². The molecule has 0 unspecified atom stereocenters. The van der Waals surface area contributed by atoms with Gasteiger partial charge in [0.2, 0.25) is 0 Å². The molecule has 0 aliphatic heterocycles. The minimum atomic E-state index is -0.463. The van der Waals surface area contributed by atoms with Gasteiger partial charge in [0.1, 0.15) is 3.70 Å². The average molecular weight is 238 g/mol. The number of nitrogens with two attached hydrogens (primary N) is 1. The summed E-state index contributed by atoms with van der Waals surface area (Å²) in [4.78, 5) is 3.66. The quantitative estimate of drug-likeness (QED) is 0.548. The number of halogens is 2. The van der Waals surface area contributed by atoms with Crippen molar-refractivity contribution in [1.29, 1.82) is 0 Å². The third-order valence-corrected chi connectivity index (χ3v) is 1.44. The van der Waals surface area contributed by atoms with Crippen molar-refractivity contribution in [3.63, 3.8) is 0 Å². The summed E-state index contributed by atoms with van der Waals surface area (Å²) in [5.41, 5.74) is 5.13. The maximum atomic E-state index is 12.3. The zero-order valence-electron chi connectivity index (χ0n) is 4.44. The Hall–Kier alpha value is -0.390. The standard InChI is InChI=1S/C5H4FIN2/c6-3-1-2-4(7)9-5(3)8/h1-2H,(H2,8,9). The van der Waals surface area contributed by atoms with E-state index in [9.17, 15) is 4.39 Å². The minimum absolute atomic E-state index is 0.0399. The molecular formula is C5H4FIN2. The van der Waals surface area contributed by atoms with E-state index in [2.05, 4.69) is 4.98 Å². The van der Waals surface area contributed by atoms with Crippen molar-refractivity contribution in [1.82, 2.24) is 4.98 Å². The third-order valence-electron chi connectivity index (χ3n) is 0.839. The van der Waals surface area contributed by atoms with Crippen LogP contribution in [-0.4, -0.2) is 4.98 Å². The van der Waals surface area contributed by atoms with E-state index in [-0.39, 0.29) is 5.82 Å². The van der Waals surface area contributed by atoms with Gasteiger partial charge in [-0.25, -0.2) is 9.37 Å². The number of rotatable bonds is 0. The van der Waals surface area contributed by atoms with Crippen LogP contribution in [0.3, 0.4) is 0 Å². The first-order chi connectivity index (χ1) is 4.20. The highest BCUT2D eigenvalue weighted by Crippen LogP contribution is 2.08. The van der Waals surface area contributed by atoms with Crippen molar-refractivity contribution < 1.29 is 4.39 Å². The van der Waals surface area contributed by atoms with Gasteiger partial charge in [-0.3, -0.25) is 0 Å². The molecule has 0 amide bonds. The molecule has 4 heteroatoms. The lowest BCUT2D eigenvalue weighted by atomic mass is 10.4. The Kier molecular flexibility index (Phi) is 1.84. The van der Waals surface area contributed by atoms with Crippen LogP contribution in [0.4, 0.5) is 10.2 Å². The van der Waals surface area contributed by atoms with Gasteiger partial charge in [-0.15, -0.1) is 0 Å². The van der Waals surface area contributed by atoms with Crippen LogP contribution in [0.25, 0.3) is 0 Å². The third kappa shape index (κ3) is 1.51. The Morgan fingerprint density at radius 2 is 2.22 bits per heavy atom. The van der Waals surface area contributed by atoms with E-state index < -0.39 is 5.82 Å². The van der Waals surface area contributed by atoms with Crippen molar-refractivity contribution in [2.75, 3.05) is 5.73 Å². The minimum Gasteiger partial charge on any atom is -0.381 e. The fourth-order valence-electron chi connectivity index (χ4n) is 0.433. The molecule has 0 saturated heterocycles. The monoisotopic (exact) mass is 238 g/mol. The molecule has 0 aromatic carbocycles. The van der Waals surface area contributed by atoms with Crippen LogP contribution >= 0.6 is 22.6 Å². The number of nitrogens with zero attached hydrogens (tertiary/aromatic N) is 1. The Bertz CT molecular complexity index is 226. The molecule has 0 atom stereocenters. The molecule has 0 aliphatic rings. The number of pyridine rings is 1. The fourth-order valence-corrected chi connectivity index (χ4v) is 0.873. The molecule has 0 radical (unpaired) electrons. The molecule has 1 rings (SSSR count). The van der Waals surface area contributed by atoms with Gasteiger partial charge in [-0.05, 0) is 34.7 Å². The van der Waals surface area contributed by atoms with Crippen LogP contribution in [0.15, 0.2) is 12.1 Å². The summed E-state index contributed by atoms with van der Waals surface area (Å²) in [5, 5.41) is 0. The second-order valence-corrected chi connectivity index (χ2v) is 2.61. The number of aromatic nitrogens is 1. The Labute approximate surface area is 65.4 Å². The first kappa shape index (κ1) is 6.73. The summed E-state index contributed by atoms with van der Waals surface area (Å²) in [5.74, 6) is -0.502. The van der Waals surface area contributed by atoms with E-state index in [0.717, 1.165) is 0 Å². The van der Waals surface area contributed by atoms with Gasteiger partial charge < -0.3 is 5.73 Å². The summed E-state index contributed by atoms with van der Waals surface area (Å²) in [6.45, 7) is 0. The van der Waals surface area contributed by atoms with Crippen LogP contribution in [0.2, 0.25) is 0 Å². The maximum absolute atomic E-state index is 12.3. The lowest BCUT2D eigenvalue weighted by Gasteiger charge is -1.92. The van der Waals surface area contributed by atoms with Gasteiger partial charge in [0.05, 0.1) is 0 Å². The Morgan fingerprint density at radius 1 is 1.56 bits per heavy atom. The topological polar surface area (TPSA) is 38.9 Å². The van der Waals surface area contributed by atoms with E-state index in [1.54, 1.807) is 6.07 Å². The van der Waals surface area contributed by atoms with Crippen molar-refractivity contribution in [2.45, 2.75) is 0 Å². The predicted octanol–water partition coefficient (Wildman–Crippen LogP) is 1.41. The molecule has 0 fully saturated rings. The van der Waals surface area contributed by atoms with Gasteiger partial charge in [0.15, 0.2) is 11.6 Å². The average Bonchev–Trinajstić information content (AvgIpc) is 1.80. The van der Waals surface area contributed by atoms with Gasteiger partial charge in [0, 0.05) is 0 Å². The summed E-state index contributed by atoms with van der Waals surface area (Å²) in [6, 6.07) is 2.86. The molecule has 0 bridgehead atoms. The van der Waals surface area contributed by atoms with Crippen molar-refractivity contribution in [3.05, 3.63) is 21.7 Å². The summed E-state index contributed by atoms with van der Waals surface area (Å²) >= 11 is 1.96. The van der Waals surface area contributed by atoms with Gasteiger partial charge >= 0.3 is 0 Å². The first-order valence-electron chi connectivity index (χ1n) is 2.27. The normalized spacial score (nSPS) is 9.56. The number of anilines is 1. The maximum Gasteiger partial charge on any atom is 0.165 e. The van der Waals surface area contributed by atoms with E-state index in [0.29, 0.717) is 3.70 Å². The lowest BCUT2D eigenvalue weighted by molar-refractivity contribution is 0.626. The van der Waals surface area contributed by atoms with Crippen LogP contribution < -0.4 is 5.73 Å². The summed E-state index contributed by atoms with van der Waals surface area (Å²) < 4.78 is 13.0. The molecule has 1 aromatic rings. The van der Waals surface area contributed by atoms with Crippen molar-refractivity contribution in [2.24, 2.45) is 0 Å². The van der Waals surface area contributed by atoms with Crippen LogP contribution in [0, 0.1) is 9.52 Å². The van der Waals surface area contributed by atoms with Gasteiger partial charge in [-0.2, -0.15) is 0 Å². The predicted molar refractivity (Wildman–Crippen MR) is 41.3 cm³/mol. The molecule has 0 aliphatic carbocycles. The second-order valence-electron chi connectivity index (χ2n) is 1.50. The second kappa shape index (κ2) is 2.47. The van der Waals surface area contributed by atoms with E-state index in [4.69, 9.17) is 5.73 Å². The highest BCUT2D eigenvalue weighted by atomic mass is 127. The zero-order chi connectivity index (χ0) is 6.85. The van der Waals surface area contributed by atoms with Crippen molar-refractivity contribution in [3.8, 4) is 0 Å². The first-order valence-corrected chi connectivity index (χ1v) is 3.35. The smallest absolute Gasteiger partial charge is 0.165 e. The van der Waals surface area contributed by atoms with E-state index >= 15 is 0 Å². The number of nitrogen functional groups attached to an aromatic ring is 1. The van der Waals surface area contributed by atoms with E-state index in [1.807, 2.05) is 22.6 Å². The zero-order valence-corrected chi connectivity index (χ0v) is 6.59. The molecular weight excluding hydrogens is 234 g/mol. The largest absolute Gasteiger partial charge is 0.381 e. The number of hydrogen-bond acceptors (Lipinski definition) is 2.